The van der Waals surface area contributed by atoms with Gasteiger partial charge >= 0.3 is 47.8 Å². The summed E-state index contributed by atoms with van der Waals surface area (Å²) in [6, 6.07) is 0. The molecule has 0 saturated carbocycles. The first-order valence-corrected chi connectivity index (χ1v) is 15.2. The lowest BCUT2D eigenvalue weighted by atomic mass is 9.79. The molecule has 14 heteroatoms. The van der Waals surface area contributed by atoms with Crippen molar-refractivity contribution in [3.8, 4) is 0 Å². The van der Waals surface area contributed by atoms with E-state index in [9.17, 15) is 38.4 Å². The van der Waals surface area contributed by atoms with E-state index in [2.05, 4.69) is 0 Å². The molecule has 14 nitrogen and oxygen atoms in total. The van der Waals surface area contributed by atoms with E-state index in [0.717, 1.165) is 33.6 Å². The Labute approximate surface area is 264 Å². The van der Waals surface area contributed by atoms with Gasteiger partial charge in [-0.05, 0) is 25.7 Å². The number of unbranched alkanes of at least 4 members (excludes halogenated alkanes) is 3. The van der Waals surface area contributed by atoms with Gasteiger partial charge in [0.2, 0.25) is 0 Å². The van der Waals surface area contributed by atoms with Crippen LogP contribution in [0.1, 0.15) is 79.1 Å². The Morgan fingerprint density at radius 2 is 1.41 bits per heavy atom. The summed E-state index contributed by atoms with van der Waals surface area (Å²) >= 11 is 0. The number of hydrogen-bond acceptors (Lipinski definition) is 14. The SMILES string of the molecule is CCCCCC[C@H](OC(C)=O)[C@H]1C2=C(C[C@@H]([C@@H](OC(C)=O)[C@H]3CC=CC(=O)O3)CC3=C(C(=O)OC3=O)[C@H]1OC(C)=O)C(=O)OC2=O. The number of hydrogen-bond donors (Lipinski definition) is 0. The van der Waals surface area contributed by atoms with E-state index >= 15 is 0 Å². The predicted molar refractivity (Wildman–Crippen MR) is 152 cm³/mol. The lowest BCUT2D eigenvalue weighted by Crippen LogP contribution is -2.42. The fraction of sp³-hybridized carbons (Fsp3) is 0.562. The molecule has 0 radical (unpaired) electrons. The highest BCUT2D eigenvalue weighted by atomic mass is 16.6. The van der Waals surface area contributed by atoms with Crippen molar-refractivity contribution in [2.45, 2.75) is 103 Å². The Morgan fingerprint density at radius 3 is 1.98 bits per heavy atom. The fourth-order valence-corrected chi connectivity index (χ4v) is 6.43. The minimum absolute atomic E-state index is 0.107. The standard InChI is InChI=1S/C32H36O14/c1-5-6-7-8-10-21(41-15(2)33)26-24-19(29(37)45-31(24)39)13-18(27(42-16(3)34)22-11-9-12-23(36)44-22)14-20-25(28(26)43-17(4)35)32(40)46-30(20)38/h9,12,18,21-22,26-28H,5-8,10-11,13-14H2,1-4H3/t18-,21+,22-,26+,27-,28-/m1/s1. The Morgan fingerprint density at radius 1 is 0.804 bits per heavy atom. The first-order chi connectivity index (χ1) is 21.8. The topological polar surface area (TPSA) is 192 Å². The zero-order chi connectivity index (χ0) is 33.7. The molecule has 46 heavy (non-hydrogen) atoms. The minimum Gasteiger partial charge on any atom is -0.462 e. The van der Waals surface area contributed by atoms with Crippen LogP contribution in [0.2, 0.25) is 0 Å². The summed E-state index contributed by atoms with van der Waals surface area (Å²) in [6.07, 6.45) is -0.142. The van der Waals surface area contributed by atoms with Crippen molar-refractivity contribution < 1.29 is 66.8 Å². The Bertz CT molecular complexity index is 1430. The van der Waals surface area contributed by atoms with Crippen LogP contribution in [0.25, 0.3) is 0 Å². The van der Waals surface area contributed by atoms with Crippen molar-refractivity contribution in [1.29, 1.82) is 0 Å². The number of rotatable bonds is 11. The number of carbonyl (C=O) groups excluding carboxylic acids is 8. The van der Waals surface area contributed by atoms with Gasteiger partial charge in [0, 0.05) is 44.8 Å². The molecule has 0 fully saturated rings. The molecule has 4 rings (SSSR count). The zero-order valence-electron chi connectivity index (χ0n) is 26.0. The summed E-state index contributed by atoms with van der Waals surface area (Å²) in [7, 11) is 0. The van der Waals surface area contributed by atoms with Gasteiger partial charge in [-0.25, -0.2) is 24.0 Å². The van der Waals surface area contributed by atoms with Gasteiger partial charge in [-0.3, -0.25) is 14.4 Å². The molecule has 0 aromatic heterocycles. The first-order valence-electron chi connectivity index (χ1n) is 15.2. The maximum absolute atomic E-state index is 13.5. The molecule has 248 valence electrons. The number of cyclic esters (lactones) is 5. The molecule has 3 aliphatic heterocycles. The van der Waals surface area contributed by atoms with Gasteiger partial charge in [-0.2, -0.15) is 0 Å². The summed E-state index contributed by atoms with van der Waals surface area (Å²) in [6.45, 7) is 5.30. The van der Waals surface area contributed by atoms with Gasteiger partial charge in [0.15, 0.2) is 0 Å². The smallest absolute Gasteiger partial charge is 0.346 e. The van der Waals surface area contributed by atoms with E-state index in [1.165, 1.54) is 12.2 Å². The van der Waals surface area contributed by atoms with Crippen molar-refractivity contribution in [1.82, 2.24) is 0 Å². The van der Waals surface area contributed by atoms with Gasteiger partial charge in [0.1, 0.15) is 24.4 Å². The molecule has 1 aliphatic carbocycles. The van der Waals surface area contributed by atoms with Crippen molar-refractivity contribution in [3.63, 3.8) is 0 Å². The quantitative estimate of drug-likeness (QED) is 0.138. The van der Waals surface area contributed by atoms with Gasteiger partial charge in [0.05, 0.1) is 22.6 Å². The Kier molecular flexibility index (Phi) is 10.9. The second-order valence-electron chi connectivity index (χ2n) is 11.5. The van der Waals surface area contributed by atoms with E-state index in [-0.39, 0.29) is 42.4 Å². The molecule has 3 heterocycles. The van der Waals surface area contributed by atoms with Crippen molar-refractivity contribution in [2.24, 2.45) is 11.8 Å². The molecule has 6 atom stereocenters. The summed E-state index contributed by atoms with van der Waals surface area (Å²) in [5, 5.41) is 0. The van der Waals surface area contributed by atoms with E-state index in [1.54, 1.807) is 0 Å². The average Bonchev–Trinajstić information content (AvgIpc) is 3.41. The van der Waals surface area contributed by atoms with Gasteiger partial charge < -0.3 is 28.4 Å². The van der Waals surface area contributed by atoms with Crippen LogP contribution in [0, 0.1) is 11.8 Å². The molecular formula is C32H36O14. The Balaban J connectivity index is 1.98. The van der Waals surface area contributed by atoms with Crippen LogP contribution < -0.4 is 0 Å². The van der Waals surface area contributed by atoms with Crippen molar-refractivity contribution in [3.05, 3.63) is 34.4 Å². The zero-order valence-corrected chi connectivity index (χ0v) is 26.0. The number of esters is 8. The van der Waals surface area contributed by atoms with E-state index in [4.69, 9.17) is 28.4 Å². The third-order valence-electron chi connectivity index (χ3n) is 8.21. The molecular weight excluding hydrogens is 608 g/mol. The highest BCUT2D eigenvalue weighted by Gasteiger charge is 2.54. The van der Waals surface area contributed by atoms with Crippen LogP contribution in [0.5, 0.6) is 0 Å². The van der Waals surface area contributed by atoms with Crippen LogP contribution in [0.15, 0.2) is 34.4 Å². The lowest BCUT2D eigenvalue weighted by molar-refractivity contribution is -0.169. The maximum atomic E-state index is 13.5. The lowest BCUT2D eigenvalue weighted by Gasteiger charge is -2.33. The third kappa shape index (κ3) is 7.60. The van der Waals surface area contributed by atoms with Crippen LogP contribution in [-0.4, -0.2) is 72.2 Å². The molecule has 0 unspecified atom stereocenters. The number of ether oxygens (including phenoxy) is 6. The normalized spacial score (nSPS) is 25.7. The summed E-state index contributed by atoms with van der Waals surface area (Å²) in [4.78, 5) is 103. The van der Waals surface area contributed by atoms with Crippen LogP contribution in [0.3, 0.4) is 0 Å². The molecule has 0 N–H and O–H groups in total. The van der Waals surface area contributed by atoms with Gasteiger partial charge in [-0.1, -0.05) is 32.3 Å². The average molecular weight is 645 g/mol. The fourth-order valence-electron chi connectivity index (χ4n) is 6.43. The molecule has 0 amide bonds. The highest BCUT2D eigenvalue weighted by Crippen LogP contribution is 2.45. The second kappa shape index (κ2) is 14.6. The summed E-state index contributed by atoms with van der Waals surface area (Å²) < 4.78 is 32.4. The van der Waals surface area contributed by atoms with Gasteiger partial charge in [0.25, 0.3) is 0 Å². The highest BCUT2D eigenvalue weighted by molar-refractivity contribution is 6.15. The Hall–Kier alpha value is -4.62. The summed E-state index contributed by atoms with van der Waals surface area (Å²) in [5.74, 6) is -10.1. The van der Waals surface area contributed by atoms with E-state index in [1.807, 2.05) is 6.92 Å². The van der Waals surface area contributed by atoms with E-state index < -0.39 is 89.6 Å². The maximum Gasteiger partial charge on any atom is 0.346 e. The van der Waals surface area contributed by atoms with Crippen molar-refractivity contribution in [2.75, 3.05) is 0 Å². The first kappa shape index (κ1) is 34.3. The number of carbonyl (C=O) groups is 8. The largest absolute Gasteiger partial charge is 0.462 e. The predicted octanol–water partition coefficient (Wildman–Crippen LogP) is 2.41. The van der Waals surface area contributed by atoms with Crippen LogP contribution in [0.4, 0.5) is 0 Å². The molecule has 0 aromatic rings. The van der Waals surface area contributed by atoms with E-state index in [0.29, 0.717) is 12.8 Å². The molecule has 4 aliphatic rings. The van der Waals surface area contributed by atoms with Crippen molar-refractivity contribution >= 4 is 47.8 Å². The van der Waals surface area contributed by atoms with Gasteiger partial charge in [-0.15, -0.1) is 0 Å². The summed E-state index contributed by atoms with van der Waals surface area (Å²) in [5.41, 5.74) is -1.19. The molecule has 0 bridgehead atoms. The molecule has 0 aromatic carbocycles. The van der Waals surface area contributed by atoms with Crippen LogP contribution in [-0.2, 0) is 66.8 Å². The second-order valence-corrected chi connectivity index (χ2v) is 11.5. The minimum atomic E-state index is -1.72. The monoisotopic (exact) mass is 644 g/mol. The third-order valence-corrected chi connectivity index (χ3v) is 8.21. The van der Waals surface area contributed by atoms with Crippen LogP contribution >= 0.6 is 0 Å². The molecule has 0 saturated heterocycles. The molecule has 0 spiro atoms.